The van der Waals surface area contributed by atoms with Gasteiger partial charge in [0.15, 0.2) is 5.96 Å². The van der Waals surface area contributed by atoms with Crippen molar-refractivity contribution in [3.63, 3.8) is 0 Å². The van der Waals surface area contributed by atoms with Crippen LogP contribution in [-0.2, 0) is 17.8 Å². The second-order valence-electron chi connectivity index (χ2n) is 7.82. The predicted octanol–water partition coefficient (Wildman–Crippen LogP) is 3.61. The summed E-state index contributed by atoms with van der Waals surface area (Å²) in [5, 5.41) is 7.91. The molecule has 1 aliphatic rings. The van der Waals surface area contributed by atoms with Crippen LogP contribution in [0.2, 0.25) is 0 Å². The molecule has 162 valence electrons. The summed E-state index contributed by atoms with van der Waals surface area (Å²) in [7, 11) is 1.79. The lowest BCUT2D eigenvalue weighted by Gasteiger charge is -2.38. The van der Waals surface area contributed by atoms with Gasteiger partial charge in [-0.15, -0.1) is 0 Å². The van der Waals surface area contributed by atoms with Crippen LogP contribution in [0.3, 0.4) is 0 Å². The molecule has 1 aliphatic heterocycles. The van der Waals surface area contributed by atoms with Crippen molar-refractivity contribution < 1.29 is 9.13 Å². The monoisotopic (exact) mass is 421 g/mol. The molecule has 2 heterocycles. The number of nitrogens with zero attached hydrogens (tertiary/aromatic N) is 4. The Kier molecular flexibility index (Phi) is 6.62. The molecular formula is C24H28FN5O. The number of hydrogen-bond acceptors (Lipinski definition) is 3. The van der Waals surface area contributed by atoms with Crippen LogP contribution in [0.1, 0.15) is 29.7 Å². The molecule has 1 fully saturated rings. The van der Waals surface area contributed by atoms with E-state index in [-0.39, 0.29) is 18.0 Å². The molecule has 4 rings (SSSR count). The first-order valence-electron chi connectivity index (χ1n) is 10.5. The highest BCUT2D eigenvalue weighted by Gasteiger charge is 2.28. The van der Waals surface area contributed by atoms with Crippen LogP contribution < -0.4 is 5.32 Å². The Bertz CT molecular complexity index is 1000. The minimum atomic E-state index is -0.241. The Morgan fingerprint density at radius 1 is 1.13 bits per heavy atom. The van der Waals surface area contributed by atoms with Gasteiger partial charge in [-0.25, -0.2) is 4.39 Å². The smallest absolute Gasteiger partial charge is 0.194 e. The number of aliphatic imine (C=N–C) groups is 1. The molecule has 0 aliphatic carbocycles. The maximum absolute atomic E-state index is 13.3. The summed E-state index contributed by atoms with van der Waals surface area (Å²) in [5.74, 6) is 0.577. The van der Waals surface area contributed by atoms with E-state index in [2.05, 4.69) is 38.6 Å². The van der Waals surface area contributed by atoms with E-state index in [9.17, 15) is 4.39 Å². The molecule has 31 heavy (non-hydrogen) atoms. The van der Waals surface area contributed by atoms with Crippen LogP contribution in [0.15, 0.2) is 72.0 Å². The van der Waals surface area contributed by atoms with Gasteiger partial charge in [-0.2, -0.15) is 5.10 Å². The normalized spacial score (nSPS) is 19.5. The topological polar surface area (TPSA) is 54.7 Å². The van der Waals surface area contributed by atoms with E-state index in [0.717, 1.165) is 30.2 Å². The molecule has 2 aromatic carbocycles. The van der Waals surface area contributed by atoms with E-state index in [4.69, 9.17) is 4.74 Å². The van der Waals surface area contributed by atoms with Crippen molar-refractivity contribution in [2.45, 2.75) is 32.2 Å². The number of halogens is 1. The number of hydrogen-bond donors (Lipinski definition) is 1. The molecule has 1 N–H and O–H groups in total. The molecule has 7 heteroatoms. The molecule has 2 unspecified atom stereocenters. The van der Waals surface area contributed by atoms with Crippen molar-refractivity contribution in [1.82, 2.24) is 20.0 Å². The lowest BCUT2D eigenvalue weighted by molar-refractivity contribution is -0.0605. The average Bonchev–Trinajstić information content (AvgIpc) is 3.22. The number of aromatic nitrogens is 2. The highest BCUT2D eigenvalue weighted by atomic mass is 19.1. The molecule has 1 aromatic heterocycles. The Labute approximate surface area is 182 Å². The van der Waals surface area contributed by atoms with Gasteiger partial charge in [0.1, 0.15) is 11.9 Å². The van der Waals surface area contributed by atoms with Crippen LogP contribution in [0.25, 0.3) is 0 Å². The summed E-state index contributed by atoms with van der Waals surface area (Å²) < 4.78 is 21.3. The second-order valence-corrected chi connectivity index (χ2v) is 7.82. The van der Waals surface area contributed by atoms with Gasteiger partial charge in [-0.1, -0.05) is 42.5 Å². The largest absolute Gasteiger partial charge is 0.367 e. The van der Waals surface area contributed by atoms with Crippen molar-refractivity contribution in [2.75, 3.05) is 20.1 Å². The predicted molar refractivity (Wildman–Crippen MR) is 119 cm³/mol. The molecule has 0 radical (unpaired) electrons. The highest BCUT2D eigenvalue weighted by molar-refractivity contribution is 5.80. The molecule has 3 aromatic rings. The number of benzene rings is 2. The Hall–Kier alpha value is -3.19. The lowest BCUT2D eigenvalue weighted by atomic mass is 10.1. The Morgan fingerprint density at radius 2 is 1.90 bits per heavy atom. The summed E-state index contributed by atoms with van der Waals surface area (Å²) in [4.78, 5) is 6.66. The number of nitrogens with one attached hydrogen (secondary N) is 1. The maximum Gasteiger partial charge on any atom is 0.194 e. The fourth-order valence-electron chi connectivity index (χ4n) is 3.85. The van der Waals surface area contributed by atoms with Gasteiger partial charge in [-0.05, 0) is 30.2 Å². The highest BCUT2D eigenvalue weighted by Crippen LogP contribution is 2.25. The Morgan fingerprint density at radius 3 is 2.65 bits per heavy atom. The molecule has 0 bridgehead atoms. The first kappa shape index (κ1) is 21.1. The Balaban J connectivity index is 1.37. The van der Waals surface area contributed by atoms with Gasteiger partial charge < -0.3 is 15.0 Å². The number of rotatable bonds is 5. The number of ether oxygens (including phenoxy) is 1. The van der Waals surface area contributed by atoms with Crippen LogP contribution in [-0.4, -0.2) is 46.9 Å². The molecule has 6 nitrogen and oxygen atoms in total. The third kappa shape index (κ3) is 5.49. The van der Waals surface area contributed by atoms with E-state index in [1.165, 1.54) is 17.7 Å². The van der Waals surface area contributed by atoms with Crippen molar-refractivity contribution in [3.8, 4) is 0 Å². The average molecular weight is 422 g/mol. The van der Waals surface area contributed by atoms with Gasteiger partial charge >= 0.3 is 0 Å². The fraction of sp³-hybridized carbons (Fsp3) is 0.333. The summed E-state index contributed by atoms with van der Waals surface area (Å²) in [6, 6.07) is 16.8. The van der Waals surface area contributed by atoms with Gasteiger partial charge in [0, 0.05) is 31.9 Å². The third-order valence-electron chi connectivity index (χ3n) is 5.34. The fourth-order valence-corrected chi connectivity index (χ4v) is 3.85. The minimum absolute atomic E-state index is 0.0379. The van der Waals surface area contributed by atoms with E-state index in [1.54, 1.807) is 19.2 Å². The summed E-state index contributed by atoms with van der Waals surface area (Å²) in [6.07, 6.45) is 3.84. The number of morpholine rings is 1. The third-order valence-corrected chi connectivity index (χ3v) is 5.34. The number of guanidine groups is 1. The van der Waals surface area contributed by atoms with E-state index >= 15 is 0 Å². The summed E-state index contributed by atoms with van der Waals surface area (Å²) in [5.41, 5.74) is 3.28. The summed E-state index contributed by atoms with van der Waals surface area (Å²) >= 11 is 0. The van der Waals surface area contributed by atoms with Crippen molar-refractivity contribution in [2.24, 2.45) is 4.99 Å². The maximum atomic E-state index is 13.3. The zero-order valence-electron chi connectivity index (χ0n) is 17.9. The van der Waals surface area contributed by atoms with Crippen LogP contribution in [0.4, 0.5) is 4.39 Å². The molecule has 0 saturated carbocycles. The molecule has 0 spiro atoms. The molecular weight excluding hydrogens is 393 g/mol. The zero-order chi connectivity index (χ0) is 21.6. The van der Waals surface area contributed by atoms with Crippen LogP contribution in [0, 0.1) is 5.82 Å². The molecule has 1 saturated heterocycles. The van der Waals surface area contributed by atoms with Gasteiger partial charge in [0.2, 0.25) is 0 Å². The zero-order valence-corrected chi connectivity index (χ0v) is 17.9. The molecule has 0 amide bonds. The first-order chi connectivity index (χ1) is 15.1. The van der Waals surface area contributed by atoms with Gasteiger partial charge in [0.05, 0.1) is 25.4 Å². The van der Waals surface area contributed by atoms with Crippen LogP contribution in [0.5, 0.6) is 0 Å². The van der Waals surface area contributed by atoms with E-state index < -0.39 is 0 Å². The van der Waals surface area contributed by atoms with Crippen LogP contribution >= 0.6 is 0 Å². The lowest BCUT2D eigenvalue weighted by Crippen LogP contribution is -2.50. The van der Waals surface area contributed by atoms with Gasteiger partial charge in [-0.3, -0.25) is 9.67 Å². The minimum Gasteiger partial charge on any atom is -0.367 e. The standard InChI is InChI=1S/C24H28FN5O/c1-18-14-29(17-23(31-18)21-8-10-22(25)11-9-21)24(26-2)27-12-20-13-28-30(16-20)15-19-6-4-3-5-7-19/h3-11,13,16,18,23H,12,14-15,17H2,1-2H3,(H,26,27). The van der Waals surface area contributed by atoms with Crippen molar-refractivity contribution in [3.05, 3.63) is 89.5 Å². The summed E-state index contributed by atoms with van der Waals surface area (Å²) in [6.45, 7) is 4.82. The first-order valence-corrected chi connectivity index (χ1v) is 10.5. The van der Waals surface area contributed by atoms with E-state index in [1.807, 2.05) is 36.0 Å². The van der Waals surface area contributed by atoms with Crippen molar-refractivity contribution >= 4 is 5.96 Å². The second kappa shape index (κ2) is 9.75. The van der Waals surface area contributed by atoms with E-state index in [0.29, 0.717) is 13.1 Å². The van der Waals surface area contributed by atoms with Gasteiger partial charge in [0.25, 0.3) is 0 Å². The van der Waals surface area contributed by atoms with Crippen molar-refractivity contribution in [1.29, 1.82) is 0 Å². The SMILES string of the molecule is CN=C(NCc1cnn(Cc2ccccc2)c1)N1CC(C)OC(c2ccc(F)cc2)C1. The molecule has 2 atom stereocenters. The quantitative estimate of drug-likeness (QED) is 0.505.